The lowest BCUT2D eigenvalue weighted by molar-refractivity contribution is -0.147. The summed E-state index contributed by atoms with van der Waals surface area (Å²) in [6.45, 7) is 3.69. The van der Waals surface area contributed by atoms with E-state index in [0.717, 1.165) is 0 Å². The lowest BCUT2D eigenvalue weighted by Crippen LogP contribution is -2.40. The quantitative estimate of drug-likeness (QED) is 0.925. The van der Waals surface area contributed by atoms with Crippen molar-refractivity contribution in [3.63, 3.8) is 0 Å². The molecule has 18 heavy (non-hydrogen) atoms. The zero-order chi connectivity index (χ0) is 13.3. The molecule has 0 fully saturated rings. The summed E-state index contributed by atoms with van der Waals surface area (Å²) in [4.78, 5) is 20.0. The van der Waals surface area contributed by atoms with E-state index in [1.807, 2.05) is 13.8 Å². The Morgan fingerprint density at radius 2 is 2.11 bits per heavy atom. The third-order valence-corrected chi connectivity index (χ3v) is 3.59. The van der Waals surface area contributed by atoms with Crippen LogP contribution in [0.5, 0.6) is 0 Å². The monoisotopic (exact) mass is 267 g/mol. The van der Waals surface area contributed by atoms with Crippen molar-refractivity contribution in [2.75, 3.05) is 0 Å². The van der Waals surface area contributed by atoms with E-state index in [1.54, 1.807) is 10.6 Å². The molecule has 2 rings (SSSR count). The Hall–Kier alpha value is -1.62. The first kappa shape index (κ1) is 12.8. The predicted molar refractivity (Wildman–Crippen MR) is 68.7 cm³/mol. The third kappa shape index (κ3) is 1.75. The molecule has 6 heteroatoms. The van der Waals surface area contributed by atoms with Crippen molar-refractivity contribution in [2.45, 2.75) is 32.2 Å². The van der Waals surface area contributed by atoms with Gasteiger partial charge in [0.05, 0.1) is 11.3 Å². The van der Waals surface area contributed by atoms with E-state index < -0.39 is 11.5 Å². The number of fused-ring (bicyclic) bond motifs is 1. The molecule has 96 valence electrons. The minimum absolute atomic E-state index is 0.467. The number of carbonyl (C=O) groups is 1. The fraction of sp³-hybridized carbons (Fsp3) is 0.417. The van der Waals surface area contributed by atoms with Gasteiger partial charge < -0.3 is 5.11 Å². The average molecular weight is 268 g/mol. The van der Waals surface area contributed by atoms with E-state index >= 15 is 0 Å². The number of aromatic nitrogens is 3. The van der Waals surface area contributed by atoms with E-state index in [0.29, 0.717) is 29.0 Å². The minimum Gasteiger partial charge on any atom is -0.479 e. The molecule has 0 saturated heterocycles. The van der Waals surface area contributed by atoms with Crippen LogP contribution in [0, 0.1) is 0 Å². The van der Waals surface area contributed by atoms with E-state index in [-0.39, 0.29) is 0 Å². The lowest BCUT2D eigenvalue weighted by Gasteiger charge is -2.28. The number of rotatable bonds is 4. The SMILES string of the molecule is CCC(CC)(C(=O)O)n1cnc2cc(Cl)cnc21. The number of imidazole rings is 1. The molecule has 0 atom stereocenters. The van der Waals surface area contributed by atoms with E-state index in [1.165, 1.54) is 12.5 Å². The molecule has 0 aliphatic rings. The van der Waals surface area contributed by atoms with Crippen LogP contribution in [0.25, 0.3) is 11.2 Å². The van der Waals surface area contributed by atoms with Crippen LogP contribution >= 0.6 is 11.6 Å². The van der Waals surface area contributed by atoms with Crippen LogP contribution in [0.4, 0.5) is 0 Å². The smallest absolute Gasteiger partial charge is 0.329 e. The minimum atomic E-state index is -1.00. The van der Waals surface area contributed by atoms with Crippen molar-refractivity contribution in [1.82, 2.24) is 14.5 Å². The zero-order valence-electron chi connectivity index (χ0n) is 10.2. The van der Waals surface area contributed by atoms with Gasteiger partial charge in [0.25, 0.3) is 0 Å². The number of pyridine rings is 1. The van der Waals surface area contributed by atoms with Crippen molar-refractivity contribution in [1.29, 1.82) is 0 Å². The Labute approximate surface area is 109 Å². The number of aliphatic carboxylic acids is 1. The third-order valence-electron chi connectivity index (χ3n) is 3.38. The largest absolute Gasteiger partial charge is 0.479 e. The molecule has 0 unspecified atom stereocenters. The maximum Gasteiger partial charge on any atom is 0.329 e. The summed E-state index contributed by atoms with van der Waals surface area (Å²) in [5, 5.41) is 9.99. The highest BCUT2D eigenvalue weighted by atomic mass is 35.5. The van der Waals surface area contributed by atoms with Crippen molar-refractivity contribution >= 4 is 28.7 Å². The van der Waals surface area contributed by atoms with Gasteiger partial charge in [-0.2, -0.15) is 0 Å². The molecular formula is C12H14ClN3O2. The van der Waals surface area contributed by atoms with Gasteiger partial charge in [-0.15, -0.1) is 0 Å². The molecule has 0 aliphatic heterocycles. The van der Waals surface area contributed by atoms with Crippen molar-refractivity contribution in [3.05, 3.63) is 23.6 Å². The highest BCUT2D eigenvalue weighted by Gasteiger charge is 2.38. The van der Waals surface area contributed by atoms with Gasteiger partial charge in [0.1, 0.15) is 11.1 Å². The number of nitrogens with zero attached hydrogens (tertiary/aromatic N) is 3. The second-order valence-electron chi connectivity index (χ2n) is 4.15. The number of carboxylic acids is 1. The fourth-order valence-corrected chi connectivity index (χ4v) is 2.34. The second kappa shape index (κ2) is 4.57. The summed E-state index contributed by atoms with van der Waals surface area (Å²) in [6, 6.07) is 1.68. The molecule has 0 aliphatic carbocycles. The molecule has 2 aromatic heterocycles. The first-order valence-electron chi connectivity index (χ1n) is 5.77. The molecule has 0 bridgehead atoms. The first-order chi connectivity index (χ1) is 8.55. The highest BCUT2D eigenvalue weighted by Crippen LogP contribution is 2.29. The topological polar surface area (TPSA) is 68.0 Å². The van der Waals surface area contributed by atoms with Crippen LogP contribution in [0.15, 0.2) is 18.6 Å². The van der Waals surface area contributed by atoms with Crippen LogP contribution in [0.1, 0.15) is 26.7 Å². The number of hydrogen-bond acceptors (Lipinski definition) is 3. The fourth-order valence-electron chi connectivity index (χ4n) is 2.19. The van der Waals surface area contributed by atoms with Crippen LogP contribution in [-0.4, -0.2) is 25.6 Å². The van der Waals surface area contributed by atoms with Gasteiger partial charge in [-0.05, 0) is 18.9 Å². The molecule has 0 aromatic carbocycles. The Bertz CT molecular complexity index is 590. The van der Waals surface area contributed by atoms with Gasteiger partial charge in [-0.3, -0.25) is 4.57 Å². The number of halogens is 1. The number of carboxylic acid groups (broad SMARTS) is 1. The molecule has 1 N–H and O–H groups in total. The molecule has 0 saturated carbocycles. The summed E-state index contributed by atoms with van der Waals surface area (Å²) in [5.41, 5.74) is 0.149. The maximum atomic E-state index is 11.6. The molecule has 0 spiro atoms. The normalized spacial score (nSPS) is 11.9. The summed E-state index contributed by atoms with van der Waals surface area (Å²) >= 11 is 5.84. The highest BCUT2D eigenvalue weighted by molar-refractivity contribution is 6.31. The van der Waals surface area contributed by atoms with Crippen molar-refractivity contribution in [3.8, 4) is 0 Å². The van der Waals surface area contributed by atoms with Gasteiger partial charge in [0.15, 0.2) is 5.65 Å². The maximum absolute atomic E-state index is 11.6. The van der Waals surface area contributed by atoms with Crippen LogP contribution in [-0.2, 0) is 10.3 Å². The Balaban J connectivity index is 2.69. The van der Waals surface area contributed by atoms with Gasteiger partial charge in [-0.25, -0.2) is 14.8 Å². The van der Waals surface area contributed by atoms with Gasteiger partial charge in [0.2, 0.25) is 0 Å². The first-order valence-corrected chi connectivity index (χ1v) is 6.15. The molecule has 2 aromatic rings. The Morgan fingerprint density at radius 3 is 2.67 bits per heavy atom. The van der Waals surface area contributed by atoms with Gasteiger partial charge in [-0.1, -0.05) is 25.4 Å². The van der Waals surface area contributed by atoms with E-state index in [4.69, 9.17) is 11.6 Å². The van der Waals surface area contributed by atoms with Crippen molar-refractivity contribution in [2.24, 2.45) is 0 Å². The average Bonchev–Trinajstić information content (AvgIpc) is 2.75. The molecule has 0 radical (unpaired) electrons. The molecular weight excluding hydrogens is 254 g/mol. The zero-order valence-corrected chi connectivity index (χ0v) is 11.0. The summed E-state index contributed by atoms with van der Waals surface area (Å²) < 4.78 is 1.63. The molecule has 0 amide bonds. The Morgan fingerprint density at radius 1 is 1.44 bits per heavy atom. The summed E-state index contributed by atoms with van der Waals surface area (Å²) in [7, 11) is 0. The van der Waals surface area contributed by atoms with Crippen molar-refractivity contribution < 1.29 is 9.90 Å². The standard InChI is InChI=1S/C12H14ClN3O2/c1-3-12(4-2,11(17)18)16-7-15-9-5-8(13)6-14-10(9)16/h5-7H,3-4H2,1-2H3,(H,17,18). The summed E-state index contributed by atoms with van der Waals surface area (Å²) in [5.74, 6) is -0.872. The second-order valence-corrected chi connectivity index (χ2v) is 4.59. The van der Waals surface area contributed by atoms with E-state index in [2.05, 4.69) is 9.97 Å². The lowest BCUT2D eigenvalue weighted by atomic mass is 9.92. The summed E-state index contributed by atoms with van der Waals surface area (Å²) in [6.07, 6.45) is 3.96. The van der Waals surface area contributed by atoms with E-state index in [9.17, 15) is 9.90 Å². The van der Waals surface area contributed by atoms with Crippen LogP contribution in [0.2, 0.25) is 5.02 Å². The molecule has 5 nitrogen and oxygen atoms in total. The predicted octanol–water partition coefficient (Wildman–Crippen LogP) is 2.68. The molecule has 2 heterocycles. The number of hydrogen-bond donors (Lipinski definition) is 1. The Kier molecular flexibility index (Phi) is 3.26. The van der Waals surface area contributed by atoms with Crippen LogP contribution in [0.3, 0.4) is 0 Å². The van der Waals surface area contributed by atoms with Crippen LogP contribution < -0.4 is 0 Å². The van der Waals surface area contributed by atoms with Gasteiger partial charge in [0, 0.05) is 6.20 Å². The van der Waals surface area contributed by atoms with Gasteiger partial charge >= 0.3 is 5.97 Å².